The second-order valence-electron chi connectivity index (χ2n) is 4.76. The van der Waals surface area contributed by atoms with Crippen LogP contribution in [0.2, 0.25) is 0 Å². The summed E-state index contributed by atoms with van der Waals surface area (Å²) >= 11 is 0. The molecule has 1 atom stereocenters. The van der Waals surface area contributed by atoms with E-state index in [-0.39, 0.29) is 11.9 Å². The van der Waals surface area contributed by atoms with Gasteiger partial charge in [-0.25, -0.2) is 4.98 Å². The number of carbonyl (C=O) groups excluding carboxylic acids is 1. The Labute approximate surface area is 110 Å². The van der Waals surface area contributed by atoms with Crippen molar-refractivity contribution >= 4 is 11.6 Å². The number of H-pyrrole nitrogens is 1. The van der Waals surface area contributed by atoms with E-state index in [1.54, 1.807) is 17.2 Å². The highest BCUT2D eigenvalue weighted by atomic mass is 16.2. The molecule has 1 aliphatic heterocycles. The summed E-state index contributed by atoms with van der Waals surface area (Å²) in [5.41, 5.74) is 3.58. The smallest absolute Gasteiger partial charge is 0.242 e. The minimum atomic E-state index is -0.254. The fourth-order valence-electron chi connectivity index (χ4n) is 2.30. The Kier molecular flexibility index (Phi) is 2.83. The van der Waals surface area contributed by atoms with Crippen LogP contribution in [-0.4, -0.2) is 31.7 Å². The normalized spacial score (nSPS) is 18.1. The molecule has 0 bridgehead atoms. The lowest BCUT2D eigenvalue weighted by atomic mass is 10.0. The molecule has 0 saturated heterocycles. The minimum Gasteiger partial charge on any atom is -0.347 e. The van der Waals surface area contributed by atoms with E-state index in [1.807, 2.05) is 14.0 Å². The maximum atomic E-state index is 12.2. The van der Waals surface area contributed by atoms with Gasteiger partial charge in [-0.05, 0) is 6.92 Å². The molecule has 3 heterocycles. The van der Waals surface area contributed by atoms with Gasteiger partial charge in [0, 0.05) is 26.2 Å². The van der Waals surface area contributed by atoms with E-state index in [0.717, 1.165) is 22.8 Å². The van der Waals surface area contributed by atoms with Crippen LogP contribution in [0.1, 0.15) is 17.1 Å². The van der Waals surface area contributed by atoms with E-state index >= 15 is 0 Å². The van der Waals surface area contributed by atoms with Crippen molar-refractivity contribution in [3.05, 3.63) is 29.6 Å². The monoisotopic (exact) mass is 260 g/mol. The van der Waals surface area contributed by atoms with Crippen molar-refractivity contribution in [1.82, 2.24) is 25.1 Å². The van der Waals surface area contributed by atoms with Gasteiger partial charge in [0.1, 0.15) is 0 Å². The molecule has 7 nitrogen and oxygen atoms in total. The summed E-state index contributed by atoms with van der Waals surface area (Å²) in [6.45, 7) is 2.51. The molecule has 3 rings (SSSR count). The predicted molar refractivity (Wildman–Crippen MR) is 69.5 cm³/mol. The Balaban J connectivity index is 1.70. The van der Waals surface area contributed by atoms with Crippen LogP contribution in [0, 0.1) is 6.92 Å². The van der Waals surface area contributed by atoms with Crippen molar-refractivity contribution in [2.24, 2.45) is 7.05 Å². The number of hydrogen-bond acceptors (Lipinski definition) is 4. The van der Waals surface area contributed by atoms with Crippen LogP contribution >= 0.6 is 0 Å². The number of anilines is 1. The van der Waals surface area contributed by atoms with E-state index < -0.39 is 0 Å². The summed E-state index contributed by atoms with van der Waals surface area (Å²) in [5.74, 6) is -0.0512. The Hall–Kier alpha value is -2.15. The molecular formula is C12H16N6O. The average Bonchev–Trinajstić information content (AvgIpc) is 2.95. The third kappa shape index (κ3) is 2.24. The lowest BCUT2D eigenvalue weighted by molar-refractivity contribution is -0.118. The van der Waals surface area contributed by atoms with Gasteiger partial charge in [-0.1, -0.05) is 0 Å². The first kappa shape index (κ1) is 11.9. The Morgan fingerprint density at radius 1 is 1.58 bits per heavy atom. The molecule has 2 aromatic rings. The molecular weight excluding hydrogens is 244 g/mol. The van der Waals surface area contributed by atoms with E-state index in [2.05, 4.69) is 25.7 Å². The predicted octanol–water partition coefficient (Wildman–Crippen LogP) is 0.105. The Morgan fingerprint density at radius 2 is 2.42 bits per heavy atom. The molecule has 0 aliphatic carbocycles. The zero-order valence-electron chi connectivity index (χ0n) is 10.9. The topological polar surface area (TPSA) is 87.6 Å². The SMILES string of the molecule is Cc1nn(C)cc1NC(=O)C1Cc2nc[nH]c2CN1. The lowest BCUT2D eigenvalue weighted by Crippen LogP contribution is -2.44. The van der Waals surface area contributed by atoms with Crippen LogP contribution in [0.5, 0.6) is 0 Å². The molecule has 0 fully saturated rings. The standard InChI is InChI=1S/C12H16N6O/c1-7-11(5-18(2)17-7)16-12(19)9-3-8-10(4-13-9)15-6-14-8/h5-6,9,13H,3-4H2,1-2H3,(H,14,15)(H,16,19). The van der Waals surface area contributed by atoms with Gasteiger partial charge in [0.25, 0.3) is 0 Å². The average molecular weight is 260 g/mol. The van der Waals surface area contributed by atoms with Gasteiger partial charge in [0.2, 0.25) is 5.91 Å². The van der Waals surface area contributed by atoms with E-state index in [4.69, 9.17) is 0 Å². The van der Waals surface area contributed by atoms with Crippen LogP contribution in [0.15, 0.2) is 12.5 Å². The molecule has 100 valence electrons. The number of nitrogens with one attached hydrogen (secondary N) is 3. The number of aryl methyl sites for hydroxylation is 2. The molecule has 3 N–H and O–H groups in total. The van der Waals surface area contributed by atoms with Gasteiger partial charge >= 0.3 is 0 Å². The van der Waals surface area contributed by atoms with E-state index in [9.17, 15) is 4.79 Å². The molecule has 2 aromatic heterocycles. The van der Waals surface area contributed by atoms with Gasteiger partial charge in [0.15, 0.2) is 0 Å². The maximum absolute atomic E-state index is 12.2. The highest BCUT2D eigenvalue weighted by Crippen LogP contribution is 2.15. The third-order valence-electron chi connectivity index (χ3n) is 3.32. The summed E-state index contributed by atoms with van der Waals surface area (Å²) < 4.78 is 1.69. The Morgan fingerprint density at radius 3 is 3.16 bits per heavy atom. The summed E-state index contributed by atoms with van der Waals surface area (Å²) in [6, 6.07) is -0.254. The van der Waals surface area contributed by atoms with Crippen LogP contribution in [-0.2, 0) is 24.8 Å². The molecule has 0 aromatic carbocycles. The van der Waals surface area contributed by atoms with Crippen LogP contribution in [0.3, 0.4) is 0 Å². The molecule has 19 heavy (non-hydrogen) atoms. The number of aromatic nitrogens is 4. The zero-order valence-corrected chi connectivity index (χ0v) is 10.9. The molecule has 1 amide bonds. The van der Waals surface area contributed by atoms with Gasteiger partial charge in [0.05, 0.1) is 35.1 Å². The third-order valence-corrected chi connectivity index (χ3v) is 3.32. The van der Waals surface area contributed by atoms with Gasteiger partial charge in [-0.2, -0.15) is 5.10 Å². The van der Waals surface area contributed by atoms with E-state index in [1.165, 1.54) is 0 Å². The van der Waals surface area contributed by atoms with Crippen LogP contribution in [0.25, 0.3) is 0 Å². The lowest BCUT2D eigenvalue weighted by Gasteiger charge is -2.22. The highest BCUT2D eigenvalue weighted by molar-refractivity contribution is 5.95. The van der Waals surface area contributed by atoms with Crippen molar-refractivity contribution in [2.75, 3.05) is 5.32 Å². The van der Waals surface area contributed by atoms with Gasteiger partial charge in [-0.3, -0.25) is 14.8 Å². The fraction of sp³-hybridized carbons (Fsp3) is 0.417. The zero-order chi connectivity index (χ0) is 13.4. The Bertz CT molecular complexity index is 614. The van der Waals surface area contributed by atoms with E-state index in [0.29, 0.717) is 13.0 Å². The molecule has 0 spiro atoms. The molecule has 0 saturated carbocycles. The van der Waals surface area contributed by atoms with Crippen molar-refractivity contribution in [1.29, 1.82) is 0 Å². The highest BCUT2D eigenvalue weighted by Gasteiger charge is 2.26. The van der Waals surface area contributed by atoms with Crippen molar-refractivity contribution in [3.8, 4) is 0 Å². The fourth-order valence-corrected chi connectivity index (χ4v) is 2.30. The largest absolute Gasteiger partial charge is 0.347 e. The van der Waals surface area contributed by atoms with Crippen LogP contribution < -0.4 is 10.6 Å². The second-order valence-corrected chi connectivity index (χ2v) is 4.76. The molecule has 0 radical (unpaired) electrons. The number of amides is 1. The second kappa shape index (κ2) is 4.51. The first-order chi connectivity index (χ1) is 9.13. The number of carbonyl (C=O) groups is 1. The quantitative estimate of drug-likeness (QED) is 0.715. The molecule has 1 unspecified atom stereocenters. The number of rotatable bonds is 2. The summed E-state index contributed by atoms with van der Waals surface area (Å²) in [5, 5.41) is 10.3. The molecule has 7 heteroatoms. The number of imidazole rings is 1. The summed E-state index contributed by atoms with van der Waals surface area (Å²) in [6.07, 6.45) is 4.07. The van der Waals surface area contributed by atoms with Gasteiger partial charge < -0.3 is 10.3 Å². The number of aromatic amines is 1. The van der Waals surface area contributed by atoms with Crippen molar-refractivity contribution < 1.29 is 4.79 Å². The number of hydrogen-bond donors (Lipinski definition) is 3. The first-order valence-electron chi connectivity index (χ1n) is 6.19. The maximum Gasteiger partial charge on any atom is 0.242 e. The summed E-state index contributed by atoms with van der Waals surface area (Å²) in [7, 11) is 1.83. The van der Waals surface area contributed by atoms with Crippen molar-refractivity contribution in [3.63, 3.8) is 0 Å². The number of fused-ring (bicyclic) bond motifs is 1. The van der Waals surface area contributed by atoms with Gasteiger partial charge in [-0.15, -0.1) is 0 Å². The first-order valence-corrected chi connectivity index (χ1v) is 6.19. The summed E-state index contributed by atoms with van der Waals surface area (Å²) in [4.78, 5) is 19.5. The minimum absolute atomic E-state index is 0.0512. The van der Waals surface area contributed by atoms with Crippen molar-refractivity contribution in [2.45, 2.75) is 25.9 Å². The van der Waals surface area contributed by atoms with Crippen LogP contribution in [0.4, 0.5) is 5.69 Å². The number of nitrogens with zero attached hydrogens (tertiary/aromatic N) is 3. The molecule has 1 aliphatic rings.